The monoisotopic (exact) mass is 238 g/mol. The van der Waals surface area contributed by atoms with E-state index >= 15 is 0 Å². The van der Waals surface area contributed by atoms with E-state index in [4.69, 9.17) is 16.7 Å². The van der Waals surface area contributed by atoms with Gasteiger partial charge >= 0.3 is 5.97 Å². The molecule has 1 aliphatic carbocycles. The zero-order valence-corrected chi connectivity index (χ0v) is 9.78. The highest BCUT2D eigenvalue weighted by atomic mass is 35.5. The molecule has 0 spiro atoms. The number of aliphatic carboxylic acids is 1. The Hall–Kier alpha value is -1.02. The lowest BCUT2D eigenvalue weighted by atomic mass is 9.94. The predicted molar refractivity (Wildman–Crippen MR) is 63.6 cm³/mol. The van der Waals surface area contributed by atoms with Gasteiger partial charge in [-0.05, 0) is 30.4 Å². The fourth-order valence-electron chi connectivity index (χ4n) is 1.96. The van der Waals surface area contributed by atoms with Crippen molar-refractivity contribution in [3.05, 3.63) is 34.9 Å². The van der Waals surface area contributed by atoms with Crippen LogP contribution in [-0.2, 0) is 11.2 Å². The molecule has 2 rings (SSSR count). The highest BCUT2D eigenvalue weighted by Crippen LogP contribution is 2.36. The van der Waals surface area contributed by atoms with Gasteiger partial charge in [-0.25, -0.2) is 0 Å². The molecule has 1 aliphatic rings. The molecule has 1 N–H and O–H groups in total. The second-order valence-electron chi connectivity index (χ2n) is 4.51. The van der Waals surface area contributed by atoms with Gasteiger partial charge < -0.3 is 5.11 Å². The van der Waals surface area contributed by atoms with Crippen LogP contribution in [0.1, 0.15) is 24.8 Å². The van der Waals surface area contributed by atoms with Crippen molar-refractivity contribution in [2.75, 3.05) is 0 Å². The van der Waals surface area contributed by atoms with Crippen molar-refractivity contribution in [1.82, 2.24) is 0 Å². The summed E-state index contributed by atoms with van der Waals surface area (Å²) in [5.41, 5.74) is 0.942. The molecule has 0 radical (unpaired) electrons. The quantitative estimate of drug-likeness (QED) is 0.854. The van der Waals surface area contributed by atoms with Gasteiger partial charge in [0.1, 0.15) is 0 Å². The second kappa shape index (κ2) is 4.88. The van der Waals surface area contributed by atoms with E-state index in [1.165, 1.54) is 12.8 Å². The largest absolute Gasteiger partial charge is 0.481 e. The minimum Gasteiger partial charge on any atom is -0.481 e. The third-order valence-electron chi connectivity index (χ3n) is 3.09. The first-order chi connectivity index (χ1) is 7.66. The van der Waals surface area contributed by atoms with E-state index in [-0.39, 0.29) is 5.92 Å². The molecule has 0 aliphatic heterocycles. The normalized spacial score (nSPS) is 17.1. The molecule has 0 bridgehead atoms. The Labute approximate surface area is 100 Å². The van der Waals surface area contributed by atoms with Crippen molar-refractivity contribution < 1.29 is 9.90 Å². The molecule has 3 heteroatoms. The molecule has 0 saturated heterocycles. The summed E-state index contributed by atoms with van der Waals surface area (Å²) in [6, 6.07) is 7.48. The van der Waals surface area contributed by atoms with Gasteiger partial charge in [-0.1, -0.05) is 42.6 Å². The highest BCUT2D eigenvalue weighted by Gasteiger charge is 2.29. The van der Waals surface area contributed by atoms with Gasteiger partial charge in [0.25, 0.3) is 0 Å². The van der Waals surface area contributed by atoms with Crippen LogP contribution in [0.3, 0.4) is 0 Å². The fourth-order valence-corrected chi connectivity index (χ4v) is 2.17. The fraction of sp³-hybridized carbons (Fsp3) is 0.462. The van der Waals surface area contributed by atoms with Gasteiger partial charge in [0.15, 0.2) is 0 Å². The molecule has 1 atom stereocenters. The van der Waals surface area contributed by atoms with Crippen molar-refractivity contribution in [2.24, 2.45) is 11.8 Å². The Morgan fingerprint density at radius 2 is 2.12 bits per heavy atom. The minimum absolute atomic E-state index is 0.285. The van der Waals surface area contributed by atoms with Crippen LogP contribution in [0.15, 0.2) is 24.3 Å². The van der Waals surface area contributed by atoms with Crippen LogP contribution < -0.4 is 0 Å². The molecule has 0 aromatic heterocycles. The first-order valence-corrected chi connectivity index (χ1v) is 6.01. The summed E-state index contributed by atoms with van der Waals surface area (Å²) in [5.74, 6) is -0.359. The summed E-state index contributed by atoms with van der Waals surface area (Å²) in [4.78, 5) is 11.1. The Morgan fingerprint density at radius 3 is 2.69 bits per heavy atom. The highest BCUT2D eigenvalue weighted by molar-refractivity contribution is 6.31. The molecule has 0 heterocycles. The van der Waals surface area contributed by atoms with E-state index in [9.17, 15) is 4.79 Å². The standard InChI is InChI=1S/C13H15ClO2/c14-12-4-2-1-3-10(12)8-11(13(15)16)7-9-5-6-9/h1-4,9,11H,5-8H2,(H,15,16). The van der Waals surface area contributed by atoms with Crippen LogP contribution in [0.2, 0.25) is 5.02 Å². The molecular formula is C13H15ClO2. The van der Waals surface area contributed by atoms with Crippen molar-refractivity contribution in [1.29, 1.82) is 0 Å². The van der Waals surface area contributed by atoms with Crippen LogP contribution in [0.5, 0.6) is 0 Å². The summed E-state index contributed by atoms with van der Waals surface area (Å²) in [6.07, 6.45) is 3.71. The van der Waals surface area contributed by atoms with Crippen LogP contribution in [0.4, 0.5) is 0 Å². The lowest BCUT2D eigenvalue weighted by Gasteiger charge is -2.12. The minimum atomic E-state index is -0.702. The molecule has 2 nitrogen and oxygen atoms in total. The van der Waals surface area contributed by atoms with Gasteiger partial charge in [-0.3, -0.25) is 4.79 Å². The smallest absolute Gasteiger partial charge is 0.306 e. The maximum Gasteiger partial charge on any atom is 0.306 e. The average Bonchev–Trinajstić information content (AvgIpc) is 3.04. The number of carboxylic acid groups (broad SMARTS) is 1. The Kier molecular flexibility index (Phi) is 3.49. The Balaban J connectivity index is 2.04. The number of benzene rings is 1. The number of rotatable bonds is 5. The summed E-state index contributed by atoms with van der Waals surface area (Å²) in [5, 5.41) is 9.83. The molecular weight excluding hydrogens is 224 g/mol. The van der Waals surface area contributed by atoms with Crippen LogP contribution in [0, 0.1) is 11.8 Å². The first-order valence-electron chi connectivity index (χ1n) is 5.63. The maximum atomic E-state index is 11.1. The topological polar surface area (TPSA) is 37.3 Å². The third-order valence-corrected chi connectivity index (χ3v) is 3.46. The van der Waals surface area contributed by atoms with Crippen LogP contribution in [0.25, 0.3) is 0 Å². The van der Waals surface area contributed by atoms with Crippen LogP contribution in [-0.4, -0.2) is 11.1 Å². The lowest BCUT2D eigenvalue weighted by molar-refractivity contribution is -0.142. The SMILES string of the molecule is O=C(O)C(Cc1ccccc1Cl)CC1CC1. The maximum absolute atomic E-state index is 11.1. The van der Waals surface area contributed by atoms with E-state index in [1.54, 1.807) is 0 Å². The summed E-state index contributed by atoms with van der Waals surface area (Å²) < 4.78 is 0. The van der Waals surface area contributed by atoms with Gasteiger partial charge in [0.05, 0.1) is 5.92 Å². The number of carbonyl (C=O) groups is 1. The third kappa shape index (κ3) is 2.99. The Bertz CT molecular complexity index is 385. The van der Waals surface area contributed by atoms with E-state index in [1.807, 2.05) is 24.3 Å². The first kappa shape index (κ1) is 11.5. The van der Waals surface area contributed by atoms with E-state index in [2.05, 4.69) is 0 Å². The molecule has 1 aromatic rings. The van der Waals surface area contributed by atoms with E-state index in [0.29, 0.717) is 17.4 Å². The van der Waals surface area contributed by atoms with E-state index in [0.717, 1.165) is 12.0 Å². The van der Waals surface area contributed by atoms with Crippen molar-refractivity contribution >= 4 is 17.6 Å². The average molecular weight is 239 g/mol. The molecule has 86 valence electrons. The van der Waals surface area contributed by atoms with E-state index < -0.39 is 5.97 Å². The van der Waals surface area contributed by atoms with Gasteiger partial charge in [-0.15, -0.1) is 0 Å². The lowest BCUT2D eigenvalue weighted by Crippen LogP contribution is -2.17. The molecule has 1 saturated carbocycles. The molecule has 1 unspecified atom stereocenters. The number of carboxylic acids is 1. The van der Waals surface area contributed by atoms with Crippen LogP contribution >= 0.6 is 11.6 Å². The summed E-state index contributed by atoms with van der Waals surface area (Å²) in [6.45, 7) is 0. The van der Waals surface area contributed by atoms with Gasteiger partial charge in [0.2, 0.25) is 0 Å². The van der Waals surface area contributed by atoms with Gasteiger partial charge in [-0.2, -0.15) is 0 Å². The zero-order chi connectivity index (χ0) is 11.5. The Morgan fingerprint density at radius 1 is 1.44 bits per heavy atom. The second-order valence-corrected chi connectivity index (χ2v) is 4.92. The number of halogens is 1. The van der Waals surface area contributed by atoms with Crippen molar-refractivity contribution in [2.45, 2.75) is 25.7 Å². The zero-order valence-electron chi connectivity index (χ0n) is 9.03. The summed E-state index contributed by atoms with van der Waals surface area (Å²) >= 11 is 6.03. The molecule has 0 amide bonds. The molecule has 1 fully saturated rings. The predicted octanol–water partition coefficient (Wildman–Crippen LogP) is 3.38. The molecule has 16 heavy (non-hydrogen) atoms. The van der Waals surface area contributed by atoms with Crippen molar-refractivity contribution in [3.8, 4) is 0 Å². The molecule has 1 aromatic carbocycles. The number of hydrogen-bond donors (Lipinski definition) is 1. The van der Waals surface area contributed by atoms with Crippen molar-refractivity contribution in [3.63, 3.8) is 0 Å². The van der Waals surface area contributed by atoms with Gasteiger partial charge in [0, 0.05) is 5.02 Å². The summed E-state index contributed by atoms with van der Waals surface area (Å²) in [7, 11) is 0. The number of hydrogen-bond acceptors (Lipinski definition) is 1.